The third kappa shape index (κ3) is 5.02. The molecule has 0 amide bonds. The first-order valence-electron chi connectivity index (χ1n) is 5.77. The molecular formula is C11H23N3O. The summed E-state index contributed by atoms with van der Waals surface area (Å²) in [5, 5.41) is 0. The zero-order valence-corrected chi connectivity index (χ0v) is 9.91. The molecule has 0 aromatic carbocycles. The number of unbranched alkanes of at least 4 members (excludes halogenated alkanes) is 2. The van der Waals surface area contributed by atoms with E-state index >= 15 is 0 Å². The van der Waals surface area contributed by atoms with Crippen LogP contribution in [0, 0.1) is 0 Å². The van der Waals surface area contributed by atoms with Crippen LogP contribution >= 0.6 is 0 Å². The summed E-state index contributed by atoms with van der Waals surface area (Å²) < 4.78 is 4.98. The first-order chi connectivity index (χ1) is 7.25. The van der Waals surface area contributed by atoms with Crippen LogP contribution in [0.2, 0.25) is 0 Å². The molecule has 4 nitrogen and oxygen atoms in total. The highest BCUT2D eigenvalue weighted by molar-refractivity contribution is 5.78. The molecule has 1 aliphatic carbocycles. The molecule has 0 aliphatic heterocycles. The smallest absolute Gasteiger partial charge is 0.191 e. The maximum absolute atomic E-state index is 5.85. The maximum atomic E-state index is 5.85. The minimum Gasteiger partial charge on any atom is -0.385 e. The Hall–Kier alpha value is -0.770. The summed E-state index contributed by atoms with van der Waals surface area (Å²) in [6, 6.07) is 0.655. The third-order valence-corrected chi connectivity index (χ3v) is 2.74. The molecule has 88 valence electrons. The van der Waals surface area contributed by atoms with Crippen molar-refractivity contribution >= 4 is 5.96 Å². The van der Waals surface area contributed by atoms with Crippen molar-refractivity contribution in [3.8, 4) is 0 Å². The average Bonchev–Trinajstić information content (AvgIpc) is 3.05. The average molecular weight is 213 g/mol. The fourth-order valence-electron chi connectivity index (χ4n) is 1.49. The molecule has 1 fully saturated rings. The topological polar surface area (TPSA) is 50.9 Å². The Labute approximate surface area is 92.5 Å². The van der Waals surface area contributed by atoms with Crippen LogP contribution in [0.4, 0.5) is 0 Å². The van der Waals surface area contributed by atoms with E-state index in [-0.39, 0.29) is 0 Å². The number of rotatable bonds is 7. The van der Waals surface area contributed by atoms with Crippen molar-refractivity contribution in [1.29, 1.82) is 0 Å². The molecule has 0 unspecified atom stereocenters. The van der Waals surface area contributed by atoms with Crippen molar-refractivity contribution in [2.45, 2.75) is 38.1 Å². The summed E-state index contributed by atoms with van der Waals surface area (Å²) in [5.74, 6) is 0.698. The Morgan fingerprint density at radius 2 is 2.13 bits per heavy atom. The van der Waals surface area contributed by atoms with Crippen LogP contribution in [-0.2, 0) is 4.74 Å². The second-order valence-corrected chi connectivity index (χ2v) is 4.14. The Morgan fingerprint density at radius 1 is 1.40 bits per heavy atom. The quantitative estimate of drug-likeness (QED) is 0.393. The van der Waals surface area contributed by atoms with Crippen LogP contribution in [0.1, 0.15) is 32.1 Å². The zero-order valence-electron chi connectivity index (χ0n) is 9.91. The zero-order chi connectivity index (χ0) is 11.1. The van der Waals surface area contributed by atoms with Crippen molar-refractivity contribution in [2.75, 3.05) is 27.3 Å². The fraction of sp³-hybridized carbons (Fsp3) is 0.909. The molecule has 0 saturated heterocycles. The first kappa shape index (κ1) is 12.3. The summed E-state index contributed by atoms with van der Waals surface area (Å²) in [5.41, 5.74) is 5.85. The monoisotopic (exact) mass is 213 g/mol. The van der Waals surface area contributed by atoms with Crippen molar-refractivity contribution in [1.82, 2.24) is 4.90 Å². The van der Waals surface area contributed by atoms with Gasteiger partial charge in [-0.25, -0.2) is 0 Å². The second kappa shape index (κ2) is 6.67. The molecule has 0 spiro atoms. The van der Waals surface area contributed by atoms with Gasteiger partial charge < -0.3 is 15.4 Å². The summed E-state index contributed by atoms with van der Waals surface area (Å²) in [7, 11) is 3.77. The SMILES string of the molecule is COCCCCCN=C(N)N(C)C1CC1. The Balaban J connectivity index is 2.03. The molecule has 1 aliphatic rings. The van der Waals surface area contributed by atoms with Crippen molar-refractivity contribution in [3.63, 3.8) is 0 Å². The molecule has 0 heterocycles. The lowest BCUT2D eigenvalue weighted by Gasteiger charge is -2.16. The van der Waals surface area contributed by atoms with Crippen molar-refractivity contribution < 1.29 is 4.74 Å². The van der Waals surface area contributed by atoms with E-state index < -0.39 is 0 Å². The second-order valence-electron chi connectivity index (χ2n) is 4.14. The van der Waals surface area contributed by atoms with E-state index in [0.717, 1.165) is 32.4 Å². The Morgan fingerprint density at radius 3 is 2.73 bits per heavy atom. The highest BCUT2D eigenvalue weighted by atomic mass is 16.5. The third-order valence-electron chi connectivity index (χ3n) is 2.74. The molecule has 0 radical (unpaired) electrons. The van der Waals surface area contributed by atoms with E-state index in [9.17, 15) is 0 Å². The molecule has 2 N–H and O–H groups in total. The molecule has 15 heavy (non-hydrogen) atoms. The van der Waals surface area contributed by atoms with E-state index in [0.29, 0.717) is 12.0 Å². The lowest BCUT2D eigenvalue weighted by molar-refractivity contribution is 0.192. The van der Waals surface area contributed by atoms with E-state index in [1.807, 2.05) is 7.05 Å². The van der Waals surface area contributed by atoms with Crippen LogP contribution in [0.25, 0.3) is 0 Å². The summed E-state index contributed by atoms with van der Waals surface area (Å²) in [4.78, 5) is 6.45. The number of ether oxygens (including phenoxy) is 1. The number of methoxy groups -OCH3 is 1. The van der Waals surface area contributed by atoms with Crippen molar-refractivity contribution in [3.05, 3.63) is 0 Å². The molecule has 0 bridgehead atoms. The lowest BCUT2D eigenvalue weighted by atomic mass is 10.2. The van der Waals surface area contributed by atoms with Gasteiger partial charge in [0.1, 0.15) is 0 Å². The van der Waals surface area contributed by atoms with E-state index in [4.69, 9.17) is 10.5 Å². The summed E-state index contributed by atoms with van der Waals surface area (Å²) >= 11 is 0. The largest absolute Gasteiger partial charge is 0.385 e. The molecule has 1 saturated carbocycles. The number of hydrogen-bond donors (Lipinski definition) is 1. The molecule has 0 aromatic heterocycles. The van der Waals surface area contributed by atoms with Gasteiger partial charge in [-0.15, -0.1) is 0 Å². The predicted molar refractivity (Wildman–Crippen MR) is 63.0 cm³/mol. The first-order valence-corrected chi connectivity index (χ1v) is 5.77. The van der Waals surface area contributed by atoms with Crippen LogP contribution in [0.5, 0.6) is 0 Å². The summed E-state index contributed by atoms with van der Waals surface area (Å²) in [6.45, 7) is 1.69. The number of guanidine groups is 1. The Bertz CT molecular complexity index is 202. The number of nitrogens with two attached hydrogens (primary N) is 1. The summed E-state index contributed by atoms with van der Waals surface area (Å²) in [6.07, 6.45) is 5.91. The Kier molecular flexibility index (Phi) is 5.47. The van der Waals surface area contributed by atoms with Gasteiger partial charge in [-0.1, -0.05) is 0 Å². The van der Waals surface area contributed by atoms with Gasteiger partial charge in [0.25, 0.3) is 0 Å². The van der Waals surface area contributed by atoms with Crippen LogP contribution in [0.15, 0.2) is 4.99 Å². The fourth-order valence-corrected chi connectivity index (χ4v) is 1.49. The van der Waals surface area contributed by atoms with Gasteiger partial charge >= 0.3 is 0 Å². The molecule has 4 heteroatoms. The van der Waals surface area contributed by atoms with Crippen LogP contribution in [0.3, 0.4) is 0 Å². The number of aliphatic imine (C=N–C) groups is 1. The molecule has 0 aromatic rings. The van der Waals surface area contributed by atoms with Gasteiger partial charge in [-0.3, -0.25) is 4.99 Å². The lowest BCUT2D eigenvalue weighted by Crippen LogP contribution is -2.35. The standard InChI is InChI=1S/C11H23N3O/c1-14(10-6-7-10)11(12)13-8-4-3-5-9-15-2/h10H,3-9H2,1-2H3,(H2,12,13). The van der Waals surface area contributed by atoms with E-state index in [2.05, 4.69) is 9.89 Å². The molecule has 1 rings (SSSR count). The molecular weight excluding hydrogens is 190 g/mol. The normalized spacial score (nSPS) is 16.8. The van der Waals surface area contributed by atoms with Crippen LogP contribution in [-0.4, -0.2) is 44.2 Å². The van der Waals surface area contributed by atoms with Gasteiger partial charge in [0.2, 0.25) is 0 Å². The molecule has 0 atom stereocenters. The maximum Gasteiger partial charge on any atom is 0.191 e. The van der Waals surface area contributed by atoms with E-state index in [1.54, 1.807) is 7.11 Å². The number of nitrogens with zero attached hydrogens (tertiary/aromatic N) is 2. The van der Waals surface area contributed by atoms with Gasteiger partial charge in [-0.2, -0.15) is 0 Å². The minimum absolute atomic E-state index is 0.655. The highest BCUT2D eigenvalue weighted by Crippen LogP contribution is 2.24. The number of hydrogen-bond acceptors (Lipinski definition) is 2. The van der Waals surface area contributed by atoms with Gasteiger partial charge in [0, 0.05) is 33.4 Å². The van der Waals surface area contributed by atoms with Gasteiger partial charge in [-0.05, 0) is 32.1 Å². The van der Waals surface area contributed by atoms with E-state index in [1.165, 1.54) is 12.8 Å². The predicted octanol–water partition coefficient (Wildman–Crippen LogP) is 1.21. The van der Waals surface area contributed by atoms with Gasteiger partial charge in [0.15, 0.2) is 5.96 Å². The van der Waals surface area contributed by atoms with Gasteiger partial charge in [0.05, 0.1) is 0 Å². The minimum atomic E-state index is 0.655. The van der Waals surface area contributed by atoms with Crippen LogP contribution < -0.4 is 5.73 Å². The van der Waals surface area contributed by atoms with Crippen molar-refractivity contribution in [2.24, 2.45) is 10.7 Å². The highest BCUT2D eigenvalue weighted by Gasteiger charge is 2.27.